The molecular weight excluding hydrogens is 282 g/mol. The maximum atomic E-state index is 12.3. The zero-order valence-electron chi connectivity index (χ0n) is 13.1. The summed E-state index contributed by atoms with van der Waals surface area (Å²) in [7, 11) is 0. The molecule has 22 heavy (non-hydrogen) atoms. The summed E-state index contributed by atoms with van der Waals surface area (Å²) in [5, 5.41) is 11.9. The molecule has 0 aliphatic heterocycles. The minimum atomic E-state index is -0.872. The molecule has 0 bridgehead atoms. The SMILES string of the molecule is CC(C)Oc1ccccc1CC(=O)NC1(CC(=O)O)CCC1. The molecule has 0 unspecified atom stereocenters. The maximum Gasteiger partial charge on any atom is 0.305 e. The van der Waals surface area contributed by atoms with E-state index in [2.05, 4.69) is 5.32 Å². The fourth-order valence-electron chi connectivity index (χ4n) is 2.77. The van der Waals surface area contributed by atoms with Crippen molar-refractivity contribution in [1.82, 2.24) is 5.32 Å². The fourth-order valence-corrected chi connectivity index (χ4v) is 2.77. The molecule has 2 rings (SSSR count). The predicted molar refractivity (Wildman–Crippen MR) is 82.9 cm³/mol. The van der Waals surface area contributed by atoms with Crippen molar-refractivity contribution in [2.75, 3.05) is 0 Å². The summed E-state index contributed by atoms with van der Waals surface area (Å²) >= 11 is 0. The second kappa shape index (κ2) is 6.81. The minimum absolute atomic E-state index is 0.0110. The van der Waals surface area contributed by atoms with Crippen LogP contribution in [0.3, 0.4) is 0 Å². The highest BCUT2D eigenvalue weighted by Gasteiger charge is 2.40. The number of hydrogen-bond donors (Lipinski definition) is 2. The van der Waals surface area contributed by atoms with Gasteiger partial charge < -0.3 is 15.2 Å². The monoisotopic (exact) mass is 305 g/mol. The molecule has 2 N–H and O–H groups in total. The second-order valence-corrected chi connectivity index (χ2v) is 6.20. The maximum absolute atomic E-state index is 12.3. The van der Waals surface area contributed by atoms with E-state index < -0.39 is 11.5 Å². The Hall–Kier alpha value is -2.04. The Morgan fingerprint density at radius 1 is 1.32 bits per heavy atom. The number of carboxylic acid groups (broad SMARTS) is 1. The van der Waals surface area contributed by atoms with Crippen molar-refractivity contribution in [3.05, 3.63) is 29.8 Å². The molecule has 0 spiro atoms. The van der Waals surface area contributed by atoms with Crippen LogP contribution in [0.5, 0.6) is 5.75 Å². The molecule has 1 aliphatic carbocycles. The van der Waals surface area contributed by atoms with Crippen LogP contribution in [0.2, 0.25) is 0 Å². The lowest BCUT2D eigenvalue weighted by Gasteiger charge is -2.41. The van der Waals surface area contributed by atoms with Crippen molar-refractivity contribution < 1.29 is 19.4 Å². The van der Waals surface area contributed by atoms with E-state index in [1.54, 1.807) is 0 Å². The minimum Gasteiger partial charge on any atom is -0.491 e. The van der Waals surface area contributed by atoms with Gasteiger partial charge in [0.15, 0.2) is 0 Å². The van der Waals surface area contributed by atoms with Crippen molar-refractivity contribution >= 4 is 11.9 Å². The highest BCUT2D eigenvalue weighted by Crippen LogP contribution is 2.35. The zero-order valence-corrected chi connectivity index (χ0v) is 13.1. The summed E-state index contributed by atoms with van der Waals surface area (Å²) in [5.74, 6) is -0.321. The molecule has 120 valence electrons. The number of carbonyl (C=O) groups is 2. The van der Waals surface area contributed by atoms with Gasteiger partial charge in [-0.05, 0) is 39.2 Å². The highest BCUT2D eigenvalue weighted by atomic mass is 16.5. The van der Waals surface area contributed by atoms with Crippen LogP contribution in [0, 0.1) is 0 Å². The van der Waals surface area contributed by atoms with Crippen LogP contribution >= 0.6 is 0 Å². The first-order chi connectivity index (χ1) is 10.4. The number of rotatable bonds is 7. The molecule has 1 saturated carbocycles. The number of aliphatic carboxylic acids is 1. The zero-order chi connectivity index (χ0) is 16.2. The van der Waals surface area contributed by atoms with Crippen LogP contribution in [0.25, 0.3) is 0 Å². The summed E-state index contributed by atoms with van der Waals surface area (Å²) in [4.78, 5) is 23.2. The Kier molecular flexibility index (Phi) is 5.06. The van der Waals surface area contributed by atoms with E-state index in [0.29, 0.717) is 5.75 Å². The van der Waals surface area contributed by atoms with E-state index in [-0.39, 0.29) is 24.9 Å². The average molecular weight is 305 g/mol. The van der Waals surface area contributed by atoms with Gasteiger partial charge in [0.05, 0.1) is 24.5 Å². The van der Waals surface area contributed by atoms with E-state index in [1.165, 1.54) is 0 Å². The molecule has 5 nitrogen and oxygen atoms in total. The molecule has 0 radical (unpaired) electrons. The Morgan fingerprint density at radius 2 is 2.00 bits per heavy atom. The first kappa shape index (κ1) is 16.3. The molecule has 1 aromatic rings. The number of para-hydroxylation sites is 1. The van der Waals surface area contributed by atoms with Crippen molar-refractivity contribution in [2.24, 2.45) is 0 Å². The smallest absolute Gasteiger partial charge is 0.305 e. The fraction of sp³-hybridized carbons (Fsp3) is 0.529. The summed E-state index contributed by atoms with van der Waals surface area (Å²) in [6, 6.07) is 7.45. The van der Waals surface area contributed by atoms with Crippen molar-refractivity contribution in [3.8, 4) is 5.75 Å². The van der Waals surface area contributed by atoms with Crippen LogP contribution in [0.1, 0.15) is 45.1 Å². The van der Waals surface area contributed by atoms with Gasteiger partial charge in [-0.3, -0.25) is 9.59 Å². The van der Waals surface area contributed by atoms with Crippen molar-refractivity contribution in [3.63, 3.8) is 0 Å². The van der Waals surface area contributed by atoms with Crippen LogP contribution < -0.4 is 10.1 Å². The Morgan fingerprint density at radius 3 is 2.55 bits per heavy atom. The van der Waals surface area contributed by atoms with E-state index in [4.69, 9.17) is 9.84 Å². The first-order valence-electron chi connectivity index (χ1n) is 7.68. The highest BCUT2D eigenvalue weighted by molar-refractivity contribution is 5.81. The molecule has 5 heteroatoms. The molecule has 1 aliphatic rings. The van der Waals surface area contributed by atoms with Gasteiger partial charge >= 0.3 is 5.97 Å². The van der Waals surface area contributed by atoms with E-state index in [1.807, 2.05) is 38.1 Å². The largest absolute Gasteiger partial charge is 0.491 e. The topological polar surface area (TPSA) is 75.6 Å². The number of benzene rings is 1. The third kappa shape index (κ3) is 4.23. The number of carboxylic acids is 1. The summed E-state index contributed by atoms with van der Waals surface area (Å²) in [6.07, 6.45) is 2.65. The van der Waals surface area contributed by atoms with Gasteiger partial charge in [0.2, 0.25) is 5.91 Å². The number of carbonyl (C=O) groups excluding carboxylic acids is 1. The number of ether oxygens (including phenoxy) is 1. The quantitative estimate of drug-likeness (QED) is 0.811. The molecule has 0 saturated heterocycles. The number of amides is 1. The lowest BCUT2D eigenvalue weighted by Crippen LogP contribution is -2.55. The van der Waals surface area contributed by atoms with Crippen LogP contribution in [-0.2, 0) is 16.0 Å². The van der Waals surface area contributed by atoms with Crippen molar-refractivity contribution in [2.45, 2.75) is 57.6 Å². The molecule has 0 heterocycles. The number of nitrogens with one attached hydrogen (secondary N) is 1. The Labute approximate surface area is 130 Å². The second-order valence-electron chi connectivity index (χ2n) is 6.20. The molecular formula is C17H23NO4. The molecule has 1 amide bonds. The number of hydrogen-bond acceptors (Lipinski definition) is 3. The summed E-state index contributed by atoms with van der Waals surface area (Å²) in [5.41, 5.74) is 0.259. The normalized spacial score (nSPS) is 16.0. The van der Waals surface area contributed by atoms with Gasteiger partial charge in [-0.25, -0.2) is 0 Å². The lowest BCUT2D eigenvalue weighted by molar-refractivity contribution is -0.140. The van der Waals surface area contributed by atoms with Crippen molar-refractivity contribution in [1.29, 1.82) is 0 Å². The third-order valence-corrected chi connectivity index (χ3v) is 3.89. The standard InChI is InChI=1S/C17H23NO4/c1-12(2)22-14-7-4-3-6-13(14)10-15(19)18-17(8-5-9-17)11-16(20)21/h3-4,6-7,12H,5,8-11H2,1-2H3,(H,18,19)(H,20,21). The third-order valence-electron chi connectivity index (χ3n) is 3.89. The van der Waals surface area contributed by atoms with Crippen LogP contribution in [-0.4, -0.2) is 28.6 Å². The predicted octanol–water partition coefficient (Wildman–Crippen LogP) is 2.53. The van der Waals surface area contributed by atoms with Gasteiger partial charge in [0.25, 0.3) is 0 Å². The van der Waals surface area contributed by atoms with Crippen LogP contribution in [0.4, 0.5) is 0 Å². The Balaban J connectivity index is 2.01. The van der Waals surface area contributed by atoms with Gasteiger partial charge in [-0.15, -0.1) is 0 Å². The van der Waals surface area contributed by atoms with Gasteiger partial charge in [-0.1, -0.05) is 18.2 Å². The van der Waals surface area contributed by atoms with Gasteiger partial charge in [-0.2, -0.15) is 0 Å². The average Bonchev–Trinajstić information content (AvgIpc) is 2.37. The van der Waals surface area contributed by atoms with E-state index in [9.17, 15) is 9.59 Å². The molecule has 0 aromatic heterocycles. The molecule has 1 fully saturated rings. The van der Waals surface area contributed by atoms with Gasteiger partial charge in [0.1, 0.15) is 5.75 Å². The van der Waals surface area contributed by atoms with E-state index >= 15 is 0 Å². The molecule has 0 atom stereocenters. The van der Waals surface area contributed by atoms with Crippen LogP contribution in [0.15, 0.2) is 24.3 Å². The lowest BCUT2D eigenvalue weighted by atomic mass is 9.74. The Bertz CT molecular complexity index is 549. The molecule has 1 aromatic carbocycles. The van der Waals surface area contributed by atoms with E-state index in [0.717, 1.165) is 24.8 Å². The summed E-state index contributed by atoms with van der Waals surface area (Å²) < 4.78 is 5.71. The first-order valence-corrected chi connectivity index (χ1v) is 7.68. The van der Waals surface area contributed by atoms with Gasteiger partial charge in [0, 0.05) is 5.56 Å². The summed E-state index contributed by atoms with van der Waals surface area (Å²) in [6.45, 7) is 3.88.